The lowest BCUT2D eigenvalue weighted by molar-refractivity contribution is -0.137. The second-order valence-electron chi connectivity index (χ2n) is 6.68. The standard InChI is InChI=1S/C17H27F3N6O2/c1-16(2,3)28-15(27)26-11-10-25-14(21-4)24-9-8-23-13-12(17(18,19)20)6-5-7-22-13/h5-7H,8-11H2,1-4H3,(H,22,23)(H,26,27)(H2,21,24,25). The molecule has 1 aromatic heterocycles. The SMILES string of the molecule is CN=C(NCCNC(=O)OC(C)(C)C)NCCNc1ncccc1C(F)(F)F. The smallest absolute Gasteiger partial charge is 0.419 e. The van der Waals surface area contributed by atoms with Crippen molar-refractivity contribution in [3.8, 4) is 0 Å². The number of ether oxygens (including phenoxy) is 1. The van der Waals surface area contributed by atoms with Crippen molar-refractivity contribution in [2.45, 2.75) is 32.5 Å². The van der Waals surface area contributed by atoms with Crippen LogP contribution in [0.25, 0.3) is 0 Å². The molecular formula is C17H27F3N6O2. The molecule has 28 heavy (non-hydrogen) atoms. The van der Waals surface area contributed by atoms with E-state index in [0.29, 0.717) is 25.6 Å². The molecule has 4 N–H and O–H groups in total. The number of nitrogens with zero attached hydrogens (tertiary/aromatic N) is 2. The summed E-state index contributed by atoms with van der Waals surface area (Å²) in [6.45, 7) is 6.54. The topological polar surface area (TPSA) is 99.7 Å². The van der Waals surface area contributed by atoms with Crippen LogP contribution in [-0.4, -0.2) is 55.9 Å². The molecule has 1 rings (SSSR count). The van der Waals surface area contributed by atoms with Crippen LogP contribution < -0.4 is 21.3 Å². The molecule has 0 saturated carbocycles. The molecule has 0 aliphatic carbocycles. The molecule has 0 radical (unpaired) electrons. The minimum atomic E-state index is -4.47. The number of alkyl carbamates (subject to hydrolysis) is 1. The number of carbonyl (C=O) groups excluding carboxylic acids is 1. The largest absolute Gasteiger partial charge is 0.444 e. The number of anilines is 1. The summed E-state index contributed by atoms with van der Waals surface area (Å²) in [5.74, 6) is 0.228. The summed E-state index contributed by atoms with van der Waals surface area (Å²) in [6.07, 6.45) is -3.69. The van der Waals surface area contributed by atoms with E-state index in [0.717, 1.165) is 6.07 Å². The first-order valence-corrected chi connectivity index (χ1v) is 8.70. The molecule has 11 heteroatoms. The van der Waals surface area contributed by atoms with E-state index in [2.05, 4.69) is 31.2 Å². The monoisotopic (exact) mass is 404 g/mol. The lowest BCUT2D eigenvalue weighted by atomic mass is 10.2. The maximum atomic E-state index is 12.9. The molecule has 0 aliphatic heterocycles. The second kappa shape index (κ2) is 10.6. The van der Waals surface area contributed by atoms with Gasteiger partial charge in [-0.25, -0.2) is 9.78 Å². The Morgan fingerprint density at radius 1 is 1.11 bits per heavy atom. The number of nitrogens with one attached hydrogen (secondary N) is 4. The first-order valence-electron chi connectivity index (χ1n) is 8.70. The van der Waals surface area contributed by atoms with Crippen molar-refractivity contribution in [3.05, 3.63) is 23.9 Å². The maximum Gasteiger partial charge on any atom is 0.419 e. The molecule has 0 spiro atoms. The average molecular weight is 404 g/mol. The van der Waals surface area contributed by atoms with Crippen LogP contribution in [0.2, 0.25) is 0 Å². The van der Waals surface area contributed by atoms with Gasteiger partial charge >= 0.3 is 12.3 Å². The maximum absolute atomic E-state index is 12.9. The zero-order chi connectivity index (χ0) is 21.2. The third-order valence-corrected chi connectivity index (χ3v) is 3.13. The zero-order valence-electron chi connectivity index (χ0n) is 16.4. The van der Waals surface area contributed by atoms with Crippen molar-refractivity contribution in [1.29, 1.82) is 0 Å². The summed E-state index contributed by atoms with van der Waals surface area (Å²) in [4.78, 5) is 19.2. The highest BCUT2D eigenvalue weighted by Gasteiger charge is 2.33. The number of aromatic nitrogens is 1. The Kier molecular flexibility index (Phi) is 8.80. The Bertz CT molecular complexity index is 659. The van der Waals surface area contributed by atoms with Gasteiger partial charge in [0.1, 0.15) is 11.4 Å². The Hall–Kier alpha value is -2.72. The van der Waals surface area contributed by atoms with Gasteiger partial charge in [-0.15, -0.1) is 0 Å². The van der Waals surface area contributed by atoms with Crippen LogP contribution >= 0.6 is 0 Å². The van der Waals surface area contributed by atoms with Crippen LogP contribution in [0.3, 0.4) is 0 Å². The molecule has 0 unspecified atom stereocenters. The van der Waals surface area contributed by atoms with Crippen molar-refractivity contribution in [2.75, 3.05) is 38.5 Å². The molecule has 1 heterocycles. The first kappa shape index (κ1) is 23.3. The van der Waals surface area contributed by atoms with Crippen LogP contribution in [0.15, 0.2) is 23.3 Å². The Morgan fingerprint density at radius 3 is 2.29 bits per heavy atom. The van der Waals surface area contributed by atoms with Gasteiger partial charge in [0.15, 0.2) is 5.96 Å². The molecule has 1 aromatic rings. The predicted molar refractivity (Wildman–Crippen MR) is 101 cm³/mol. The summed E-state index contributed by atoms with van der Waals surface area (Å²) in [7, 11) is 1.56. The minimum Gasteiger partial charge on any atom is -0.444 e. The minimum absolute atomic E-state index is 0.205. The van der Waals surface area contributed by atoms with Crippen LogP contribution in [0.4, 0.5) is 23.8 Å². The van der Waals surface area contributed by atoms with Gasteiger partial charge in [-0.2, -0.15) is 13.2 Å². The van der Waals surface area contributed by atoms with Crippen LogP contribution in [-0.2, 0) is 10.9 Å². The number of alkyl halides is 3. The molecule has 158 valence electrons. The average Bonchev–Trinajstić information content (AvgIpc) is 2.58. The van der Waals surface area contributed by atoms with Gasteiger partial charge in [-0.05, 0) is 32.9 Å². The molecule has 0 aliphatic rings. The molecular weight excluding hydrogens is 377 g/mol. The highest BCUT2D eigenvalue weighted by molar-refractivity contribution is 5.79. The van der Waals surface area contributed by atoms with Gasteiger partial charge in [0, 0.05) is 39.4 Å². The fourth-order valence-corrected chi connectivity index (χ4v) is 2.02. The van der Waals surface area contributed by atoms with Crippen molar-refractivity contribution >= 4 is 17.9 Å². The molecule has 0 bridgehead atoms. The van der Waals surface area contributed by atoms with Crippen LogP contribution in [0.5, 0.6) is 0 Å². The summed E-state index contributed by atoms with van der Waals surface area (Å²) in [5, 5.41) is 11.2. The van der Waals surface area contributed by atoms with E-state index < -0.39 is 23.4 Å². The zero-order valence-corrected chi connectivity index (χ0v) is 16.4. The van der Waals surface area contributed by atoms with Crippen molar-refractivity contribution in [2.24, 2.45) is 4.99 Å². The van der Waals surface area contributed by atoms with E-state index in [1.165, 1.54) is 12.3 Å². The summed E-state index contributed by atoms with van der Waals surface area (Å²) in [5.41, 5.74) is -1.38. The van der Waals surface area contributed by atoms with E-state index in [-0.39, 0.29) is 12.4 Å². The quantitative estimate of drug-likeness (QED) is 0.316. The van der Waals surface area contributed by atoms with Gasteiger partial charge in [0.25, 0.3) is 0 Å². The number of rotatable bonds is 7. The second-order valence-corrected chi connectivity index (χ2v) is 6.68. The van der Waals surface area contributed by atoms with Crippen LogP contribution in [0.1, 0.15) is 26.3 Å². The Morgan fingerprint density at radius 2 is 1.71 bits per heavy atom. The van der Waals surface area contributed by atoms with Crippen molar-refractivity contribution in [3.63, 3.8) is 0 Å². The first-order chi connectivity index (χ1) is 13.0. The van der Waals surface area contributed by atoms with E-state index >= 15 is 0 Å². The number of aliphatic imine (C=N–C) groups is 1. The van der Waals surface area contributed by atoms with E-state index in [1.807, 2.05) is 0 Å². The Balaban J connectivity index is 2.30. The highest BCUT2D eigenvalue weighted by Crippen LogP contribution is 2.33. The number of amides is 1. The number of carbonyl (C=O) groups is 1. The van der Waals surface area contributed by atoms with Crippen LogP contribution in [0, 0.1) is 0 Å². The fraction of sp³-hybridized carbons (Fsp3) is 0.588. The van der Waals surface area contributed by atoms with Gasteiger partial charge in [-0.3, -0.25) is 4.99 Å². The third kappa shape index (κ3) is 9.28. The molecule has 0 saturated heterocycles. The number of hydrogen-bond donors (Lipinski definition) is 4. The third-order valence-electron chi connectivity index (χ3n) is 3.13. The molecule has 0 aromatic carbocycles. The van der Waals surface area contributed by atoms with E-state index in [1.54, 1.807) is 27.8 Å². The summed E-state index contributed by atoms with van der Waals surface area (Å²) >= 11 is 0. The van der Waals surface area contributed by atoms with Crippen molar-refractivity contribution in [1.82, 2.24) is 20.9 Å². The van der Waals surface area contributed by atoms with E-state index in [9.17, 15) is 18.0 Å². The molecule has 1 amide bonds. The number of halogens is 3. The van der Waals surface area contributed by atoms with Gasteiger partial charge in [0.2, 0.25) is 0 Å². The van der Waals surface area contributed by atoms with E-state index in [4.69, 9.17) is 4.74 Å². The summed E-state index contributed by atoms with van der Waals surface area (Å²) < 4.78 is 43.8. The fourth-order valence-electron chi connectivity index (χ4n) is 2.02. The highest BCUT2D eigenvalue weighted by atomic mass is 19.4. The molecule has 8 nitrogen and oxygen atoms in total. The lowest BCUT2D eigenvalue weighted by Crippen LogP contribution is -2.43. The summed E-state index contributed by atoms with van der Waals surface area (Å²) in [6, 6.07) is 2.21. The predicted octanol–water partition coefficient (Wildman–Crippen LogP) is 2.20. The van der Waals surface area contributed by atoms with Gasteiger partial charge in [-0.1, -0.05) is 0 Å². The van der Waals surface area contributed by atoms with Crippen molar-refractivity contribution < 1.29 is 22.7 Å². The lowest BCUT2D eigenvalue weighted by Gasteiger charge is -2.20. The number of hydrogen-bond acceptors (Lipinski definition) is 5. The normalized spacial score (nSPS) is 12.3. The number of pyridine rings is 1. The molecule has 0 fully saturated rings. The Labute approximate surface area is 162 Å². The molecule has 0 atom stereocenters. The van der Waals surface area contributed by atoms with Gasteiger partial charge < -0.3 is 26.0 Å². The number of guanidine groups is 1. The van der Waals surface area contributed by atoms with Gasteiger partial charge in [0.05, 0.1) is 5.56 Å².